The highest BCUT2D eigenvalue weighted by molar-refractivity contribution is 7.91. The zero-order valence-electron chi connectivity index (χ0n) is 32.1. The molecular formula is C49H50O4S. The number of sulfone groups is 1. The third-order valence-electron chi connectivity index (χ3n) is 10.8. The molecule has 276 valence electrons. The van der Waals surface area contributed by atoms with Crippen LogP contribution < -0.4 is 9.47 Å². The van der Waals surface area contributed by atoms with Crippen molar-refractivity contribution in [1.29, 1.82) is 0 Å². The topological polar surface area (TPSA) is 52.6 Å². The molecule has 0 aromatic heterocycles. The first-order valence-corrected chi connectivity index (χ1v) is 20.6. The second kappa shape index (κ2) is 14.9. The number of rotatable bonds is 12. The lowest BCUT2D eigenvalue weighted by atomic mass is 9.66. The van der Waals surface area contributed by atoms with E-state index in [0.29, 0.717) is 17.4 Å². The van der Waals surface area contributed by atoms with Crippen LogP contribution in [-0.2, 0) is 15.3 Å². The fourth-order valence-electron chi connectivity index (χ4n) is 7.97. The Kier molecular flexibility index (Phi) is 10.3. The summed E-state index contributed by atoms with van der Waals surface area (Å²) in [7, 11) is -3.65. The molecule has 0 spiro atoms. The van der Waals surface area contributed by atoms with Gasteiger partial charge in [0.25, 0.3) is 0 Å². The molecule has 0 bridgehead atoms. The van der Waals surface area contributed by atoms with Crippen molar-refractivity contribution in [2.75, 3.05) is 0 Å². The van der Waals surface area contributed by atoms with Crippen LogP contribution in [-0.4, -0.2) is 14.0 Å². The van der Waals surface area contributed by atoms with E-state index in [1.165, 1.54) is 33.4 Å². The zero-order valence-corrected chi connectivity index (χ0v) is 32.9. The second-order valence-electron chi connectivity index (χ2n) is 15.5. The number of allylic oxidation sites excluding steroid dienone is 5. The molecule has 0 aliphatic heterocycles. The summed E-state index contributed by atoms with van der Waals surface area (Å²) < 4.78 is 39.6. The lowest BCUT2D eigenvalue weighted by molar-refractivity contribution is 0.0967. The van der Waals surface area contributed by atoms with E-state index < -0.39 is 15.3 Å². The molecule has 1 unspecified atom stereocenters. The molecule has 1 atom stereocenters. The summed E-state index contributed by atoms with van der Waals surface area (Å²) in [5, 5.41) is 0. The average Bonchev–Trinajstić information content (AvgIpc) is 3.28. The smallest absolute Gasteiger partial charge is 0.206 e. The SMILES string of the molecule is C=C1CC=CC2=C(C1)c1ccccc1C2(c1ccc(Oc2ccc(S(=O)(=O)c3ccc(C(C)C)cc3)cc2)cc1)c1ccc(OC(C)(C)CCCC)cc1. The number of ether oxygens (including phenoxy) is 2. The summed E-state index contributed by atoms with van der Waals surface area (Å²) in [5.74, 6) is 2.42. The Morgan fingerprint density at radius 1 is 0.759 bits per heavy atom. The minimum Gasteiger partial charge on any atom is -0.488 e. The normalized spacial score (nSPS) is 17.0. The molecule has 2 aliphatic rings. The number of benzene rings is 5. The first-order valence-electron chi connectivity index (χ1n) is 19.1. The highest BCUT2D eigenvalue weighted by Gasteiger charge is 2.47. The summed E-state index contributed by atoms with van der Waals surface area (Å²) in [6, 6.07) is 39.6. The van der Waals surface area contributed by atoms with Gasteiger partial charge in [-0.15, -0.1) is 0 Å². The van der Waals surface area contributed by atoms with Crippen molar-refractivity contribution in [3.8, 4) is 17.2 Å². The minimum atomic E-state index is -3.65. The fraction of sp³-hybridized carbons (Fsp3) is 0.265. The molecule has 0 heterocycles. The van der Waals surface area contributed by atoms with Gasteiger partial charge in [0.15, 0.2) is 0 Å². The van der Waals surface area contributed by atoms with Crippen molar-refractivity contribution in [2.45, 2.75) is 93.4 Å². The Labute approximate surface area is 321 Å². The quantitative estimate of drug-likeness (QED) is 0.120. The molecular weight excluding hydrogens is 685 g/mol. The maximum Gasteiger partial charge on any atom is 0.206 e. The van der Waals surface area contributed by atoms with Gasteiger partial charge in [0, 0.05) is 0 Å². The Balaban J connectivity index is 1.22. The van der Waals surface area contributed by atoms with E-state index in [-0.39, 0.29) is 15.4 Å². The van der Waals surface area contributed by atoms with Crippen LogP contribution in [0.2, 0.25) is 0 Å². The van der Waals surface area contributed by atoms with Crippen LogP contribution in [0.1, 0.15) is 100 Å². The molecule has 0 saturated carbocycles. The molecule has 5 aromatic carbocycles. The van der Waals surface area contributed by atoms with Crippen LogP contribution in [0.3, 0.4) is 0 Å². The van der Waals surface area contributed by atoms with Crippen molar-refractivity contribution >= 4 is 15.4 Å². The predicted molar refractivity (Wildman–Crippen MR) is 220 cm³/mol. The van der Waals surface area contributed by atoms with E-state index >= 15 is 0 Å². The fourth-order valence-corrected chi connectivity index (χ4v) is 9.23. The van der Waals surface area contributed by atoms with Gasteiger partial charge < -0.3 is 9.47 Å². The molecule has 0 saturated heterocycles. The van der Waals surface area contributed by atoms with Gasteiger partial charge in [-0.05, 0) is 145 Å². The Morgan fingerprint density at radius 3 is 1.91 bits per heavy atom. The van der Waals surface area contributed by atoms with E-state index in [0.717, 1.165) is 49.0 Å². The van der Waals surface area contributed by atoms with Crippen LogP contribution in [0.15, 0.2) is 161 Å². The molecule has 4 nitrogen and oxygen atoms in total. The van der Waals surface area contributed by atoms with Crippen LogP contribution in [0.25, 0.3) is 5.57 Å². The van der Waals surface area contributed by atoms with Gasteiger partial charge in [-0.1, -0.05) is 112 Å². The van der Waals surface area contributed by atoms with Gasteiger partial charge >= 0.3 is 0 Å². The van der Waals surface area contributed by atoms with E-state index in [2.05, 4.69) is 114 Å². The molecule has 54 heavy (non-hydrogen) atoms. The second-order valence-corrected chi connectivity index (χ2v) is 17.5. The summed E-state index contributed by atoms with van der Waals surface area (Å²) in [6.45, 7) is 15.1. The first-order chi connectivity index (χ1) is 25.9. The molecule has 0 N–H and O–H groups in total. The van der Waals surface area contributed by atoms with Crippen LogP contribution in [0.5, 0.6) is 17.2 Å². The number of unbranched alkanes of at least 4 members (excludes halogenated alkanes) is 1. The van der Waals surface area contributed by atoms with Gasteiger partial charge in [-0.25, -0.2) is 8.42 Å². The van der Waals surface area contributed by atoms with E-state index in [9.17, 15) is 8.42 Å². The summed E-state index contributed by atoms with van der Waals surface area (Å²) in [5.41, 5.74) is 8.87. The van der Waals surface area contributed by atoms with E-state index in [1.807, 2.05) is 24.3 Å². The molecule has 0 fully saturated rings. The molecule has 5 heteroatoms. The molecule has 5 aromatic rings. The third kappa shape index (κ3) is 7.10. The average molecular weight is 735 g/mol. The molecule has 2 aliphatic carbocycles. The largest absolute Gasteiger partial charge is 0.488 e. The van der Waals surface area contributed by atoms with Crippen LogP contribution in [0.4, 0.5) is 0 Å². The van der Waals surface area contributed by atoms with Crippen LogP contribution >= 0.6 is 0 Å². The van der Waals surface area contributed by atoms with Crippen molar-refractivity contribution in [2.24, 2.45) is 0 Å². The van der Waals surface area contributed by atoms with Crippen molar-refractivity contribution in [3.05, 3.63) is 179 Å². The van der Waals surface area contributed by atoms with Crippen molar-refractivity contribution in [1.82, 2.24) is 0 Å². The standard InChI is InChI=1S/C49H50O4S/c1-7-8-32-48(5,6)53-41-24-20-38(21-25-41)49(46-14-10-9-13-44(46)45-33-35(4)12-11-15-47(45)49)37-18-22-39(23-19-37)52-40-26-30-43(31-27-40)54(50,51)42-28-16-36(17-29-42)34(2)3/h9-11,13-31,34H,4,7-8,12,32-33H2,1-3,5-6H3. The number of hydrogen-bond acceptors (Lipinski definition) is 4. The van der Waals surface area contributed by atoms with Gasteiger partial charge in [-0.3, -0.25) is 0 Å². The maximum absolute atomic E-state index is 13.4. The third-order valence-corrected chi connectivity index (χ3v) is 12.6. The molecule has 0 radical (unpaired) electrons. The summed E-state index contributed by atoms with van der Waals surface area (Å²) in [6.07, 6.45) is 9.50. The Morgan fingerprint density at radius 2 is 1.31 bits per heavy atom. The highest BCUT2D eigenvalue weighted by atomic mass is 32.2. The minimum absolute atomic E-state index is 0.230. The van der Waals surface area contributed by atoms with Gasteiger partial charge in [0.1, 0.15) is 22.8 Å². The number of hydrogen-bond donors (Lipinski definition) is 0. The Hall–Kier alpha value is -5.13. The van der Waals surface area contributed by atoms with E-state index in [4.69, 9.17) is 9.47 Å². The van der Waals surface area contributed by atoms with E-state index in [1.54, 1.807) is 36.4 Å². The maximum atomic E-state index is 13.4. The first kappa shape index (κ1) is 37.2. The lowest BCUT2D eigenvalue weighted by Gasteiger charge is -2.35. The zero-order chi connectivity index (χ0) is 38.1. The van der Waals surface area contributed by atoms with Crippen molar-refractivity contribution in [3.63, 3.8) is 0 Å². The monoisotopic (exact) mass is 734 g/mol. The van der Waals surface area contributed by atoms with Gasteiger partial charge in [-0.2, -0.15) is 0 Å². The van der Waals surface area contributed by atoms with Crippen LogP contribution in [0, 0.1) is 0 Å². The summed E-state index contributed by atoms with van der Waals surface area (Å²) in [4.78, 5) is 0.510. The lowest BCUT2D eigenvalue weighted by Crippen LogP contribution is -2.30. The predicted octanol–water partition coefficient (Wildman–Crippen LogP) is 12.8. The molecule has 0 amide bonds. The number of fused-ring (bicyclic) bond motifs is 2. The summed E-state index contributed by atoms with van der Waals surface area (Å²) >= 11 is 0. The Bertz CT molecular complexity index is 2310. The van der Waals surface area contributed by atoms with Gasteiger partial charge in [0.05, 0.1) is 15.2 Å². The molecule has 7 rings (SSSR count). The van der Waals surface area contributed by atoms with Crippen molar-refractivity contribution < 1.29 is 17.9 Å². The highest BCUT2D eigenvalue weighted by Crippen LogP contribution is 2.57. The van der Waals surface area contributed by atoms with Gasteiger partial charge in [0.2, 0.25) is 9.84 Å².